The third-order valence-electron chi connectivity index (χ3n) is 1.05. The van der Waals surface area contributed by atoms with Crippen LogP contribution in [0.5, 0.6) is 11.5 Å². The highest BCUT2D eigenvalue weighted by molar-refractivity contribution is 6.30. The molecule has 0 fully saturated rings. The van der Waals surface area contributed by atoms with Crippen LogP contribution in [0.2, 0.25) is 0 Å². The molecule has 0 aliphatic rings. The maximum atomic E-state index is 11.6. The first-order valence-corrected chi connectivity index (χ1v) is 3.79. The Hall–Kier alpha value is -1.45. The second kappa shape index (κ2) is 6.21. The van der Waals surface area contributed by atoms with Crippen LogP contribution >= 0.6 is 0 Å². The van der Waals surface area contributed by atoms with Gasteiger partial charge in [0.15, 0.2) is 0 Å². The Bertz CT molecular complexity index is 314. The molecular formula is C7H8BF3O5. The minimum absolute atomic E-state index is 0.267. The van der Waals surface area contributed by atoms with Gasteiger partial charge in [-0.05, 0) is 12.1 Å². The Kier molecular flexibility index (Phi) is 5.65. The lowest BCUT2D eigenvalue weighted by Crippen LogP contribution is -2.16. The molecule has 0 radical (unpaired) electrons. The average molecular weight is 240 g/mol. The molecule has 9 heteroatoms. The van der Waals surface area contributed by atoms with Gasteiger partial charge < -0.3 is 24.9 Å². The molecule has 0 heterocycles. The third kappa shape index (κ3) is 9.12. The SMILES string of the molecule is OB(O)O.Oc1cccc(OC(F)(F)F)c1. The van der Waals surface area contributed by atoms with Crippen molar-refractivity contribution in [3.8, 4) is 11.5 Å². The number of phenolic OH excluding ortho intramolecular Hbond substituents is 1. The first-order valence-electron chi connectivity index (χ1n) is 3.79. The molecule has 0 aliphatic carbocycles. The fraction of sp³-hybridized carbons (Fsp3) is 0.143. The van der Waals surface area contributed by atoms with Crippen molar-refractivity contribution < 1.29 is 38.1 Å². The van der Waals surface area contributed by atoms with E-state index in [0.717, 1.165) is 12.1 Å². The van der Waals surface area contributed by atoms with Crippen LogP contribution in [0.1, 0.15) is 0 Å². The lowest BCUT2D eigenvalue weighted by atomic mass is 10.3. The largest absolute Gasteiger partial charge is 0.631 e. The number of hydrogen-bond acceptors (Lipinski definition) is 5. The van der Waals surface area contributed by atoms with E-state index in [-0.39, 0.29) is 5.75 Å². The van der Waals surface area contributed by atoms with Gasteiger partial charge in [0.2, 0.25) is 0 Å². The van der Waals surface area contributed by atoms with Crippen molar-refractivity contribution in [1.29, 1.82) is 0 Å². The molecule has 0 aliphatic heterocycles. The van der Waals surface area contributed by atoms with Crippen LogP contribution in [0, 0.1) is 0 Å². The Balaban J connectivity index is 0.000000487. The molecule has 0 unspecified atom stereocenters. The molecule has 0 saturated heterocycles. The van der Waals surface area contributed by atoms with E-state index in [9.17, 15) is 13.2 Å². The van der Waals surface area contributed by atoms with E-state index in [1.807, 2.05) is 0 Å². The van der Waals surface area contributed by atoms with Crippen molar-refractivity contribution >= 4 is 7.32 Å². The van der Waals surface area contributed by atoms with Crippen molar-refractivity contribution in [2.24, 2.45) is 0 Å². The Morgan fingerprint density at radius 2 is 1.62 bits per heavy atom. The normalized spacial score (nSPS) is 10.1. The van der Waals surface area contributed by atoms with Crippen molar-refractivity contribution in [2.45, 2.75) is 6.36 Å². The number of aromatic hydroxyl groups is 1. The van der Waals surface area contributed by atoms with E-state index >= 15 is 0 Å². The van der Waals surface area contributed by atoms with Gasteiger partial charge in [-0.25, -0.2) is 0 Å². The number of benzene rings is 1. The summed E-state index contributed by atoms with van der Waals surface area (Å²) in [5, 5.41) is 30.3. The number of hydrogen-bond donors (Lipinski definition) is 4. The van der Waals surface area contributed by atoms with Gasteiger partial charge in [-0.2, -0.15) is 0 Å². The molecule has 1 rings (SSSR count). The smallest absolute Gasteiger partial charge is 0.508 e. The predicted molar refractivity (Wildman–Crippen MR) is 47.2 cm³/mol. The van der Waals surface area contributed by atoms with Crippen LogP contribution in [-0.4, -0.2) is 33.9 Å². The molecule has 0 saturated carbocycles. The van der Waals surface area contributed by atoms with Gasteiger partial charge >= 0.3 is 13.7 Å². The number of ether oxygens (including phenoxy) is 1. The summed E-state index contributed by atoms with van der Waals surface area (Å²) in [6, 6.07) is 4.50. The first-order chi connectivity index (χ1) is 7.20. The zero-order valence-corrected chi connectivity index (χ0v) is 7.72. The van der Waals surface area contributed by atoms with Crippen molar-refractivity contribution in [3.63, 3.8) is 0 Å². The molecule has 0 amide bonds. The van der Waals surface area contributed by atoms with Gasteiger partial charge in [-0.1, -0.05) is 6.07 Å². The van der Waals surface area contributed by atoms with Gasteiger partial charge in [0.05, 0.1) is 0 Å². The quantitative estimate of drug-likeness (QED) is 0.528. The monoisotopic (exact) mass is 240 g/mol. The first kappa shape index (κ1) is 14.6. The molecule has 5 nitrogen and oxygen atoms in total. The fourth-order valence-electron chi connectivity index (χ4n) is 0.681. The van der Waals surface area contributed by atoms with E-state index in [4.69, 9.17) is 20.2 Å². The van der Waals surface area contributed by atoms with Gasteiger partial charge in [0, 0.05) is 6.07 Å². The summed E-state index contributed by atoms with van der Waals surface area (Å²) in [5.41, 5.74) is 0. The summed E-state index contributed by atoms with van der Waals surface area (Å²) >= 11 is 0. The number of phenols is 1. The maximum absolute atomic E-state index is 11.6. The second-order valence-electron chi connectivity index (χ2n) is 2.39. The molecule has 0 atom stereocenters. The summed E-state index contributed by atoms with van der Waals surface area (Å²) < 4.78 is 38.2. The second-order valence-corrected chi connectivity index (χ2v) is 2.39. The van der Waals surface area contributed by atoms with Crippen molar-refractivity contribution in [3.05, 3.63) is 24.3 Å². The van der Waals surface area contributed by atoms with E-state index in [1.165, 1.54) is 12.1 Å². The van der Waals surface area contributed by atoms with Crippen LogP contribution < -0.4 is 4.74 Å². The number of halogens is 3. The maximum Gasteiger partial charge on any atom is 0.631 e. The molecule has 0 bridgehead atoms. The molecule has 16 heavy (non-hydrogen) atoms. The molecule has 4 N–H and O–H groups in total. The van der Waals surface area contributed by atoms with Gasteiger partial charge in [-0.3, -0.25) is 0 Å². The molecule has 1 aromatic rings. The molecule has 0 aromatic heterocycles. The molecule has 0 spiro atoms. The topological polar surface area (TPSA) is 90.2 Å². The van der Waals surface area contributed by atoms with E-state index in [1.54, 1.807) is 0 Å². The predicted octanol–water partition coefficient (Wildman–Crippen LogP) is 0.239. The summed E-state index contributed by atoms with van der Waals surface area (Å²) in [7, 11) is -2.17. The van der Waals surface area contributed by atoms with Crippen LogP contribution in [0.3, 0.4) is 0 Å². The van der Waals surface area contributed by atoms with Crippen molar-refractivity contribution in [2.75, 3.05) is 0 Å². The molecule has 90 valence electrons. The lowest BCUT2D eigenvalue weighted by molar-refractivity contribution is -0.274. The van der Waals surface area contributed by atoms with Crippen LogP contribution in [-0.2, 0) is 0 Å². The standard InChI is InChI=1S/C7H5F3O2.BH3O3/c8-7(9,10)12-6-3-1-2-5(11)4-6;2-1(3)4/h1-4,11H;2-4H. The Morgan fingerprint density at radius 3 is 2.00 bits per heavy atom. The van der Waals surface area contributed by atoms with Gasteiger partial charge in [0.25, 0.3) is 0 Å². The van der Waals surface area contributed by atoms with Crippen LogP contribution in [0.15, 0.2) is 24.3 Å². The highest BCUT2D eigenvalue weighted by Gasteiger charge is 2.31. The highest BCUT2D eigenvalue weighted by Crippen LogP contribution is 2.24. The summed E-state index contributed by atoms with van der Waals surface area (Å²) in [4.78, 5) is 0. The van der Waals surface area contributed by atoms with Crippen LogP contribution in [0.25, 0.3) is 0 Å². The zero-order valence-electron chi connectivity index (χ0n) is 7.72. The van der Waals surface area contributed by atoms with Crippen LogP contribution in [0.4, 0.5) is 13.2 Å². The molecular weight excluding hydrogens is 232 g/mol. The van der Waals surface area contributed by atoms with E-state index in [2.05, 4.69) is 4.74 Å². The summed E-state index contributed by atoms with van der Waals surface area (Å²) in [6.07, 6.45) is -4.71. The third-order valence-corrected chi connectivity index (χ3v) is 1.05. The fourth-order valence-corrected chi connectivity index (χ4v) is 0.681. The number of rotatable bonds is 1. The summed E-state index contributed by atoms with van der Waals surface area (Å²) in [6.45, 7) is 0. The number of alkyl halides is 3. The van der Waals surface area contributed by atoms with E-state index in [0.29, 0.717) is 0 Å². The van der Waals surface area contributed by atoms with E-state index < -0.39 is 19.4 Å². The average Bonchev–Trinajstić information content (AvgIpc) is 1.98. The Morgan fingerprint density at radius 1 is 1.12 bits per heavy atom. The molecule has 1 aromatic carbocycles. The highest BCUT2D eigenvalue weighted by atomic mass is 19.4. The minimum atomic E-state index is -4.71. The van der Waals surface area contributed by atoms with Gasteiger partial charge in [-0.15, -0.1) is 13.2 Å². The minimum Gasteiger partial charge on any atom is -0.508 e. The van der Waals surface area contributed by atoms with Gasteiger partial charge in [0.1, 0.15) is 11.5 Å². The zero-order chi connectivity index (χ0) is 12.8. The Labute approximate surface area is 88.5 Å². The summed E-state index contributed by atoms with van der Waals surface area (Å²) in [5.74, 6) is -0.695. The lowest BCUT2D eigenvalue weighted by Gasteiger charge is -2.07. The van der Waals surface area contributed by atoms with Crippen molar-refractivity contribution in [1.82, 2.24) is 0 Å².